The van der Waals surface area contributed by atoms with E-state index in [1.807, 2.05) is 0 Å². The lowest BCUT2D eigenvalue weighted by molar-refractivity contribution is 0.144. The van der Waals surface area contributed by atoms with Crippen molar-refractivity contribution in [2.45, 2.75) is 44.9 Å². The molecule has 1 saturated heterocycles. The lowest BCUT2D eigenvalue weighted by Gasteiger charge is -2.44. The first kappa shape index (κ1) is 12.9. The minimum absolute atomic E-state index is 0.319. The minimum atomic E-state index is 0.319. The molecule has 2 aromatic rings. The topological polar surface area (TPSA) is 83.7 Å². The largest absolute Gasteiger partial charge is 0.368 e. The zero-order chi connectivity index (χ0) is 14.3. The molecule has 112 valence electrons. The fourth-order valence-corrected chi connectivity index (χ4v) is 4.07. The predicted octanol–water partition coefficient (Wildman–Crippen LogP) is 2.49. The van der Waals surface area contributed by atoms with Crippen molar-refractivity contribution >= 4 is 22.8 Å². The van der Waals surface area contributed by atoms with Gasteiger partial charge in [-0.2, -0.15) is 15.1 Å². The quantitative estimate of drug-likeness (QED) is 0.841. The number of fused-ring (bicyclic) bond motifs is 1. The van der Waals surface area contributed by atoms with Crippen molar-refractivity contribution in [2.75, 3.05) is 23.7 Å². The molecule has 1 aliphatic carbocycles. The molecule has 0 bridgehead atoms. The van der Waals surface area contributed by atoms with Crippen molar-refractivity contribution in [2.24, 2.45) is 5.41 Å². The minimum Gasteiger partial charge on any atom is -0.368 e. The van der Waals surface area contributed by atoms with E-state index in [-0.39, 0.29) is 0 Å². The van der Waals surface area contributed by atoms with E-state index in [4.69, 9.17) is 5.73 Å². The Hall–Kier alpha value is -1.85. The maximum atomic E-state index is 5.83. The number of hydrogen-bond donors (Lipinski definition) is 2. The fraction of sp³-hybridized carbons (Fsp3) is 0.667. The number of nitrogens with one attached hydrogen (secondary N) is 1. The van der Waals surface area contributed by atoms with Crippen LogP contribution >= 0.6 is 0 Å². The first-order valence-electron chi connectivity index (χ1n) is 7.97. The summed E-state index contributed by atoms with van der Waals surface area (Å²) in [4.78, 5) is 11.0. The molecule has 2 aromatic heterocycles. The van der Waals surface area contributed by atoms with Gasteiger partial charge >= 0.3 is 0 Å². The summed E-state index contributed by atoms with van der Waals surface area (Å²) >= 11 is 0. The summed E-state index contributed by atoms with van der Waals surface area (Å²) < 4.78 is 0. The Bertz CT molecular complexity index is 633. The average Bonchev–Trinajstić information content (AvgIpc) is 2.96. The summed E-state index contributed by atoms with van der Waals surface area (Å²) in [6.07, 6.45) is 11.4. The summed E-state index contributed by atoms with van der Waals surface area (Å²) in [5.41, 5.74) is 7.16. The van der Waals surface area contributed by atoms with Crippen LogP contribution in [0.15, 0.2) is 6.20 Å². The van der Waals surface area contributed by atoms with Crippen LogP contribution in [0.2, 0.25) is 0 Å². The average molecular weight is 286 g/mol. The van der Waals surface area contributed by atoms with E-state index in [1.54, 1.807) is 6.20 Å². The van der Waals surface area contributed by atoms with Gasteiger partial charge in [-0.25, -0.2) is 0 Å². The molecule has 6 heteroatoms. The molecule has 1 spiro atoms. The van der Waals surface area contributed by atoms with Gasteiger partial charge in [0.2, 0.25) is 5.95 Å². The first-order chi connectivity index (χ1) is 10.3. The lowest BCUT2D eigenvalue weighted by Crippen LogP contribution is -2.41. The Morgan fingerprint density at radius 1 is 1.05 bits per heavy atom. The smallest absolute Gasteiger partial charge is 0.224 e. The van der Waals surface area contributed by atoms with Crippen molar-refractivity contribution in [3.8, 4) is 0 Å². The second kappa shape index (κ2) is 4.86. The molecule has 21 heavy (non-hydrogen) atoms. The Balaban J connectivity index is 1.58. The summed E-state index contributed by atoms with van der Waals surface area (Å²) in [5.74, 6) is 1.26. The van der Waals surface area contributed by atoms with E-state index in [9.17, 15) is 0 Å². The SMILES string of the molecule is Nc1nc(N2CCC3(CCCCC3)CC2)c2cn[nH]c2n1. The molecule has 0 unspecified atom stereocenters. The van der Waals surface area contributed by atoms with E-state index in [0.717, 1.165) is 29.9 Å². The Morgan fingerprint density at radius 3 is 2.57 bits per heavy atom. The van der Waals surface area contributed by atoms with Gasteiger partial charge < -0.3 is 10.6 Å². The van der Waals surface area contributed by atoms with Gasteiger partial charge in [-0.15, -0.1) is 0 Å². The zero-order valence-electron chi connectivity index (χ0n) is 12.3. The van der Waals surface area contributed by atoms with Crippen LogP contribution in [0.1, 0.15) is 44.9 Å². The highest BCUT2D eigenvalue weighted by molar-refractivity contribution is 5.87. The fourth-order valence-electron chi connectivity index (χ4n) is 4.07. The van der Waals surface area contributed by atoms with Gasteiger partial charge in [0, 0.05) is 13.1 Å². The summed E-state index contributed by atoms with van der Waals surface area (Å²) in [6.45, 7) is 2.13. The number of hydrogen-bond acceptors (Lipinski definition) is 5. The van der Waals surface area contributed by atoms with E-state index in [2.05, 4.69) is 25.1 Å². The van der Waals surface area contributed by atoms with Crippen LogP contribution in [-0.4, -0.2) is 33.3 Å². The van der Waals surface area contributed by atoms with Gasteiger partial charge in [0.25, 0.3) is 0 Å². The highest BCUT2D eigenvalue weighted by atomic mass is 15.2. The van der Waals surface area contributed by atoms with Crippen LogP contribution in [-0.2, 0) is 0 Å². The second-order valence-corrected chi connectivity index (χ2v) is 6.59. The Labute approximate surface area is 124 Å². The molecule has 1 saturated carbocycles. The summed E-state index contributed by atoms with van der Waals surface area (Å²) in [7, 11) is 0. The number of rotatable bonds is 1. The number of nitrogen functional groups attached to an aromatic ring is 1. The molecule has 0 amide bonds. The predicted molar refractivity (Wildman–Crippen MR) is 83.1 cm³/mol. The second-order valence-electron chi connectivity index (χ2n) is 6.59. The van der Waals surface area contributed by atoms with Crippen LogP contribution in [0, 0.1) is 5.41 Å². The van der Waals surface area contributed by atoms with Crippen LogP contribution in [0.4, 0.5) is 11.8 Å². The number of nitrogens with two attached hydrogens (primary N) is 1. The molecule has 1 aliphatic heterocycles. The van der Waals surface area contributed by atoms with Crippen molar-refractivity contribution in [1.82, 2.24) is 20.2 Å². The van der Waals surface area contributed by atoms with Gasteiger partial charge in [0.05, 0.1) is 11.6 Å². The molecule has 6 nitrogen and oxygen atoms in total. The summed E-state index contributed by atoms with van der Waals surface area (Å²) in [6, 6.07) is 0. The van der Waals surface area contributed by atoms with Crippen molar-refractivity contribution in [3.63, 3.8) is 0 Å². The molecule has 0 atom stereocenters. The third kappa shape index (κ3) is 2.22. The van der Waals surface area contributed by atoms with Crippen LogP contribution in [0.5, 0.6) is 0 Å². The van der Waals surface area contributed by atoms with Crippen molar-refractivity contribution in [1.29, 1.82) is 0 Å². The monoisotopic (exact) mass is 286 g/mol. The standard InChI is InChI=1S/C15H22N6/c16-14-18-12-11(10-17-20-12)13(19-14)21-8-6-15(7-9-21)4-2-1-3-5-15/h10H,1-9H2,(H3,16,17,18,19,20). The highest BCUT2D eigenvalue weighted by Gasteiger charge is 2.36. The maximum absolute atomic E-state index is 5.83. The van der Waals surface area contributed by atoms with E-state index < -0.39 is 0 Å². The maximum Gasteiger partial charge on any atom is 0.224 e. The number of aromatic nitrogens is 4. The van der Waals surface area contributed by atoms with Gasteiger partial charge in [0.15, 0.2) is 5.65 Å². The van der Waals surface area contributed by atoms with E-state index in [1.165, 1.54) is 44.9 Å². The number of piperidine rings is 1. The molecule has 2 fully saturated rings. The first-order valence-corrected chi connectivity index (χ1v) is 7.97. The lowest BCUT2D eigenvalue weighted by atomic mass is 9.68. The molecule has 0 aromatic carbocycles. The number of nitrogens with zero attached hydrogens (tertiary/aromatic N) is 4. The third-order valence-corrected chi connectivity index (χ3v) is 5.34. The third-order valence-electron chi connectivity index (χ3n) is 5.34. The molecule has 2 aliphatic rings. The van der Waals surface area contributed by atoms with Crippen molar-refractivity contribution < 1.29 is 0 Å². The summed E-state index contributed by atoms with van der Waals surface area (Å²) in [5, 5.41) is 7.94. The molecular weight excluding hydrogens is 264 g/mol. The molecule has 3 N–H and O–H groups in total. The van der Waals surface area contributed by atoms with Gasteiger partial charge in [-0.1, -0.05) is 19.3 Å². The Kier molecular flexibility index (Phi) is 2.97. The zero-order valence-corrected chi connectivity index (χ0v) is 12.3. The highest BCUT2D eigenvalue weighted by Crippen LogP contribution is 2.45. The van der Waals surface area contributed by atoms with E-state index >= 15 is 0 Å². The Morgan fingerprint density at radius 2 is 1.81 bits per heavy atom. The van der Waals surface area contributed by atoms with Gasteiger partial charge in [-0.3, -0.25) is 5.10 Å². The van der Waals surface area contributed by atoms with Crippen molar-refractivity contribution in [3.05, 3.63) is 6.20 Å². The number of aromatic amines is 1. The molecule has 0 radical (unpaired) electrons. The number of anilines is 2. The van der Waals surface area contributed by atoms with Crippen LogP contribution in [0.25, 0.3) is 11.0 Å². The molecular formula is C15H22N6. The molecule has 3 heterocycles. The van der Waals surface area contributed by atoms with Gasteiger partial charge in [-0.05, 0) is 31.1 Å². The van der Waals surface area contributed by atoms with Gasteiger partial charge in [0.1, 0.15) is 5.82 Å². The van der Waals surface area contributed by atoms with Crippen LogP contribution in [0.3, 0.4) is 0 Å². The number of H-pyrrole nitrogens is 1. The normalized spacial score (nSPS) is 22.0. The van der Waals surface area contributed by atoms with E-state index in [0.29, 0.717) is 11.4 Å². The molecule has 4 rings (SSSR count). The van der Waals surface area contributed by atoms with Crippen LogP contribution < -0.4 is 10.6 Å².